The fraction of sp³-hybridized carbons (Fsp3) is 0.478. The van der Waals surface area contributed by atoms with Gasteiger partial charge in [0.05, 0.1) is 11.7 Å². The molecule has 1 aromatic carbocycles. The topological polar surface area (TPSA) is 74.9 Å². The summed E-state index contributed by atoms with van der Waals surface area (Å²) in [6.07, 6.45) is 0. The molecule has 2 aromatic rings. The molecule has 1 fully saturated rings. The summed E-state index contributed by atoms with van der Waals surface area (Å²) in [5, 5.41) is 0. The third-order valence-electron chi connectivity index (χ3n) is 6.21. The van der Waals surface area contributed by atoms with E-state index in [2.05, 4.69) is 20.9 Å². The molecule has 4 rings (SSSR count). The fourth-order valence-corrected chi connectivity index (χ4v) is 4.51. The normalized spacial score (nSPS) is 17.9. The van der Waals surface area contributed by atoms with Crippen molar-refractivity contribution in [2.75, 3.05) is 33.0 Å². The highest BCUT2D eigenvalue weighted by Gasteiger charge is 2.29. The van der Waals surface area contributed by atoms with Crippen LogP contribution in [0.1, 0.15) is 51.5 Å². The number of aryl methyl sites for hydroxylation is 1. The van der Waals surface area contributed by atoms with E-state index in [0.29, 0.717) is 11.3 Å². The van der Waals surface area contributed by atoms with Crippen molar-refractivity contribution in [1.82, 2.24) is 14.8 Å². The van der Waals surface area contributed by atoms with Gasteiger partial charge in [0.2, 0.25) is 6.79 Å². The van der Waals surface area contributed by atoms with Crippen molar-refractivity contribution in [3.63, 3.8) is 0 Å². The van der Waals surface area contributed by atoms with Crippen LogP contribution in [0.25, 0.3) is 0 Å². The first kappa shape index (κ1) is 20.6. The average Bonchev–Trinajstić information content (AvgIpc) is 3.30. The van der Waals surface area contributed by atoms with Crippen molar-refractivity contribution in [2.24, 2.45) is 0 Å². The highest BCUT2D eigenvalue weighted by Crippen LogP contribution is 2.33. The number of rotatable bonds is 6. The van der Waals surface area contributed by atoms with Gasteiger partial charge in [0.1, 0.15) is 0 Å². The molecule has 0 amide bonds. The van der Waals surface area contributed by atoms with Gasteiger partial charge in [-0.05, 0) is 51.0 Å². The van der Waals surface area contributed by atoms with Crippen molar-refractivity contribution in [1.29, 1.82) is 0 Å². The highest BCUT2D eigenvalue weighted by molar-refractivity contribution is 6.05. The van der Waals surface area contributed by atoms with E-state index in [-0.39, 0.29) is 24.4 Å². The molecule has 2 aliphatic heterocycles. The average molecular weight is 412 g/mol. The number of ketones is 2. The second-order valence-corrected chi connectivity index (χ2v) is 8.22. The number of benzene rings is 1. The Hall–Kier alpha value is -2.64. The maximum Gasteiger partial charge on any atom is 0.231 e. The Morgan fingerprint density at radius 1 is 1.10 bits per heavy atom. The van der Waals surface area contributed by atoms with E-state index in [4.69, 9.17) is 9.47 Å². The summed E-state index contributed by atoms with van der Waals surface area (Å²) in [6, 6.07) is 5.86. The smallest absolute Gasteiger partial charge is 0.231 e. The summed E-state index contributed by atoms with van der Waals surface area (Å²) in [5.41, 5.74) is 3.93. The number of aromatic nitrogens is 1. The number of nitrogens with zero attached hydrogens (tertiary/aromatic N) is 2. The molecule has 30 heavy (non-hydrogen) atoms. The molecule has 1 saturated heterocycles. The number of fused-ring (bicyclic) bond motifs is 1. The van der Waals surface area contributed by atoms with Crippen molar-refractivity contribution in [2.45, 2.75) is 40.3 Å². The SMILES string of the molecule is CC(=O)c1c(C)[nH]c(C(=O)[C@H](C)N2CCN(Cc3ccc4c(c3)OCO4)CC2)c1C. The Kier molecular flexibility index (Phi) is 5.66. The molecule has 0 aliphatic carbocycles. The zero-order chi connectivity index (χ0) is 21.4. The molecule has 7 nitrogen and oxygen atoms in total. The number of aromatic amines is 1. The number of carbonyl (C=O) groups excluding carboxylic acids is 2. The predicted molar refractivity (Wildman–Crippen MR) is 113 cm³/mol. The number of hydrogen-bond acceptors (Lipinski definition) is 6. The Labute approximate surface area is 177 Å². The quantitative estimate of drug-likeness (QED) is 0.737. The summed E-state index contributed by atoms with van der Waals surface area (Å²) >= 11 is 0. The van der Waals surface area contributed by atoms with Crippen LogP contribution in [-0.2, 0) is 6.54 Å². The predicted octanol–water partition coefficient (Wildman–Crippen LogP) is 2.95. The Morgan fingerprint density at radius 2 is 1.80 bits per heavy atom. The molecule has 0 spiro atoms. The summed E-state index contributed by atoms with van der Waals surface area (Å²) < 4.78 is 10.8. The lowest BCUT2D eigenvalue weighted by Crippen LogP contribution is -2.51. The summed E-state index contributed by atoms with van der Waals surface area (Å²) in [6.45, 7) is 11.8. The van der Waals surface area contributed by atoms with E-state index >= 15 is 0 Å². The van der Waals surface area contributed by atoms with Crippen LogP contribution < -0.4 is 9.47 Å². The van der Waals surface area contributed by atoms with Crippen molar-refractivity contribution >= 4 is 11.6 Å². The Bertz CT molecular complexity index is 973. The van der Waals surface area contributed by atoms with E-state index in [9.17, 15) is 9.59 Å². The molecule has 0 radical (unpaired) electrons. The first-order valence-electron chi connectivity index (χ1n) is 10.4. The number of ether oxygens (including phenoxy) is 2. The molecule has 160 valence electrons. The number of carbonyl (C=O) groups is 2. The molecule has 0 unspecified atom stereocenters. The maximum atomic E-state index is 13.1. The third-order valence-corrected chi connectivity index (χ3v) is 6.21. The van der Waals surface area contributed by atoms with E-state index in [1.54, 1.807) is 6.92 Å². The molecule has 1 atom stereocenters. The second kappa shape index (κ2) is 8.24. The molecule has 1 aromatic heterocycles. The fourth-order valence-electron chi connectivity index (χ4n) is 4.51. The molecule has 7 heteroatoms. The first-order chi connectivity index (χ1) is 14.3. The number of piperazine rings is 1. The monoisotopic (exact) mass is 411 g/mol. The van der Waals surface area contributed by atoms with Crippen LogP contribution in [0, 0.1) is 13.8 Å². The van der Waals surface area contributed by atoms with Gasteiger partial charge in [0.15, 0.2) is 23.1 Å². The van der Waals surface area contributed by atoms with Gasteiger partial charge < -0.3 is 14.5 Å². The lowest BCUT2D eigenvalue weighted by atomic mass is 10.0. The molecule has 0 saturated carbocycles. The van der Waals surface area contributed by atoms with Gasteiger partial charge in [-0.3, -0.25) is 19.4 Å². The lowest BCUT2D eigenvalue weighted by molar-refractivity contribution is 0.0682. The van der Waals surface area contributed by atoms with E-state index in [1.807, 2.05) is 32.9 Å². The molecule has 0 bridgehead atoms. The minimum atomic E-state index is -0.228. The largest absolute Gasteiger partial charge is 0.454 e. The van der Waals surface area contributed by atoms with E-state index in [0.717, 1.165) is 55.5 Å². The zero-order valence-corrected chi connectivity index (χ0v) is 18.1. The number of nitrogens with one attached hydrogen (secondary N) is 1. The van der Waals surface area contributed by atoms with E-state index < -0.39 is 0 Å². The molecule has 1 N–H and O–H groups in total. The van der Waals surface area contributed by atoms with Crippen LogP contribution in [0.15, 0.2) is 18.2 Å². The van der Waals surface area contributed by atoms with Crippen LogP contribution in [-0.4, -0.2) is 65.4 Å². The molecule has 2 aliphatic rings. The van der Waals surface area contributed by atoms with Gasteiger partial charge >= 0.3 is 0 Å². The van der Waals surface area contributed by atoms with Gasteiger partial charge in [-0.15, -0.1) is 0 Å². The maximum absolute atomic E-state index is 13.1. The summed E-state index contributed by atoms with van der Waals surface area (Å²) in [7, 11) is 0. The van der Waals surface area contributed by atoms with Crippen molar-refractivity contribution < 1.29 is 19.1 Å². The standard InChI is InChI=1S/C23H29N3O4/c1-14-21(17(4)27)15(2)24-22(14)23(28)16(3)26-9-7-25(8-10-26)12-18-5-6-19-20(11-18)30-13-29-19/h5-6,11,16,24H,7-10,12-13H2,1-4H3/t16-/m0/s1. The van der Waals surface area contributed by atoms with Crippen LogP contribution >= 0.6 is 0 Å². The highest BCUT2D eigenvalue weighted by atomic mass is 16.7. The molecular formula is C23H29N3O4. The van der Waals surface area contributed by atoms with Gasteiger partial charge in [-0.2, -0.15) is 0 Å². The van der Waals surface area contributed by atoms with Gasteiger partial charge in [0, 0.05) is 44.0 Å². The van der Waals surface area contributed by atoms with Gasteiger partial charge in [-0.1, -0.05) is 6.07 Å². The first-order valence-corrected chi connectivity index (χ1v) is 10.4. The zero-order valence-electron chi connectivity index (χ0n) is 18.1. The van der Waals surface area contributed by atoms with Crippen molar-refractivity contribution in [3.05, 3.63) is 46.3 Å². The Balaban J connectivity index is 1.36. The second-order valence-electron chi connectivity index (χ2n) is 8.22. The van der Waals surface area contributed by atoms with Crippen LogP contribution in [0.4, 0.5) is 0 Å². The summed E-state index contributed by atoms with van der Waals surface area (Å²) in [5.74, 6) is 1.66. The van der Waals surface area contributed by atoms with Crippen LogP contribution in [0.2, 0.25) is 0 Å². The minimum Gasteiger partial charge on any atom is -0.454 e. The van der Waals surface area contributed by atoms with Crippen LogP contribution in [0.3, 0.4) is 0 Å². The molecule has 3 heterocycles. The molecular weight excluding hydrogens is 382 g/mol. The number of hydrogen-bond donors (Lipinski definition) is 1. The third kappa shape index (κ3) is 3.87. The number of H-pyrrole nitrogens is 1. The minimum absolute atomic E-state index is 0.00918. The van der Waals surface area contributed by atoms with Crippen LogP contribution in [0.5, 0.6) is 11.5 Å². The number of Topliss-reactive ketones (excluding diaryl/α,β-unsaturated/α-hetero) is 2. The van der Waals surface area contributed by atoms with Crippen molar-refractivity contribution in [3.8, 4) is 11.5 Å². The van der Waals surface area contributed by atoms with Gasteiger partial charge in [0.25, 0.3) is 0 Å². The summed E-state index contributed by atoms with van der Waals surface area (Å²) in [4.78, 5) is 32.8. The van der Waals surface area contributed by atoms with E-state index in [1.165, 1.54) is 5.56 Å². The van der Waals surface area contributed by atoms with Gasteiger partial charge in [-0.25, -0.2) is 0 Å². The Morgan fingerprint density at radius 3 is 2.47 bits per heavy atom. The lowest BCUT2D eigenvalue weighted by Gasteiger charge is -2.37.